The van der Waals surface area contributed by atoms with Crippen LogP contribution < -0.4 is 20.3 Å². The van der Waals surface area contributed by atoms with Crippen LogP contribution in [0.1, 0.15) is 24.1 Å². The van der Waals surface area contributed by atoms with Gasteiger partial charge in [0, 0.05) is 29.6 Å². The second-order valence-electron chi connectivity index (χ2n) is 7.48. The van der Waals surface area contributed by atoms with E-state index in [0.717, 1.165) is 37.2 Å². The zero-order valence-electron chi connectivity index (χ0n) is 17.0. The standard InChI is InChI=1S/C23H21N3O4S/c1-14-22-21(16-5-2-3-6-19(16)31-22)23(28)26(25-14)10-4-7-20(27)24-12-15-8-9-17-18(11-15)30-13-29-17/h2-3,5-6,8-9,11H,4,7,10,12-13H2,1H3,(H,24,27). The normalized spacial score (nSPS) is 12.5. The van der Waals surface area contributed by atoms with Gasteiger partial charge < -0.3 is 14.8 Å². The summed E-state index contributed by atoms with van der Waals surface area (Å²) in [5.41, 5.74) is 1.68. The largest absolute Gasteiger partial charge is 0.454 e. The molecule has 0 spiro atoms. The van der Waals surface area contributed by atoms with Crippen LogP contribution in [0.15, 0.2) is 47.3 Å². The molecule has 8 heteroatoms. The number of benzene rings is 2. The van der Waals surface area contributed by atoms with Gasteiger partial charge in [-0.15, -0.1) is 11.3 Å². The molecule has 0 fully saturated rings. The minimum atomic E-state index is -0.0983. The van der Waals surface area contributed by atoms with Gasteiger partial charge in [-0.25, -0.2) is 4.68 Å². The highest BCUT2D eigenvalue weighted by molar-refractivity contribution is 7.26. The van der Waals surface area contributed by atoms with Gasteiger partial charge in [-0.05, 0) is 37.1 Å². The molecule has 2 aromatic heterocycles. The third kappa shape index (κ3) is 3.74. The highest BCUT2D eigenvalue weighted by atomic mass is 32.1. The third-order valence-corrected chi connectivity index (χ3v) is 6.62. The molecule has 1 aliphatic heterocycles. The van der Waals surface area contributed by atoms with Crippen molar-refractivity contribution in [1.29, 1.82) is 0 Å². The van der Waals surface area contributed by atoms with Gasteiger partial charge in [-0.2, -0.15) is 5.10 Å². The first-order valence-electron chi connectivity index (χ1n) is 10.1. The molecule has 158 valence electrons. The molecule has 7 nitrogen and oxygen atoms in total. The second-order valence-corrected chi connectivity index (χ2v) is 8.54. The minimum absolute atomic E-state index is 0.0653. The lowest BCUT2D eigenvalue weighted by molar-refractivity contribution is -0.121. The maximum absolute atomic E-state index is 13.0. The third-order valence-electron chi connectivity index (χ3n) is 5.34. The van der Waals surface area contributed by atoms with Gasteiger partial charge >= 0.3 is 0 Å². The van der Waals surface area contributed by atoms with E-state index in [1.807, 2.05) is 49.4 Å². The van der Waals surface area contributed by atoms with E-state index >= 15 is 0 Å². The summed E-state index contributed by atoms with van der Waals surface area (Å²) in [6.45, 7) is 2.97. The van der Waals surface area contributed by atoms with Crippen molar-refractivity contribution in [3.05, 3.63) is 64.1 Å². The molecular weight excluding hydrogens is 414 g/mol. The Labute approximate surface area is 182 Å². The first-order valence-corrected chi connectivity index (χ1v) is 11.0. The van der Waals surface area contributed by atoms with Crippen molar-refractivity contribution in [3.8, 4) is 11.5 Å². The van der Waals surface area contributed by atoms with Gasteiger partial charge in [0.15, 0.2) is 11.5 Å². The molecule has 5 rings (SSSR count). The summed E-state index contributed by atoms with van der Waals surface area (Å²) in [4.78, 5) is 25.3. The topological polar surface area (TPSA) is 82.5 Å². The van der Waals surface area contributed by atoms with E-state index in [0.29, 0.717) is 31.7 Å². The number of aryl methyl sites for hydroxylation is 2. The summed E-state index contributed by atoms with van der Waals surface area (Å²) in [5.74, 6) is 1.35. The van der Waals surface area contributed by atoms with E-state index in [-0.39, 0.29) is 18.3 Å². The Hall–Kier alpha value is -3.39. The van der Waals surface area contributed by atoms with Crippen molar-refractivity contribution in [3.63, 3.8) is 0 Å². The summed E-state index contributed by atoms with van der Waals surface area (Å²) in [7, 11) is 0. The van der Waals surface area contributed by atoms with Crippen LogP contribution in [0.4, 0.5) is 0 Å². The average Bonchev–Trinajstić information content (AvgIpc) is 3.40. The molecule has 0 saturated carbocycles. The van der Waals surface area contributed by atoms with Crippen molar-refractivity contribution < 1.29 is 14.3 Å². The molecule has 2 aromatic carbocycles. The lowest BCUT2D eigenvalue weighted by Crippen LogP contribution is -2.26. The number of hydrogen-bond acceptors (Lipinski definition) is 6. The average molecular weight is 436 g/mol. The molecule has 1 aliphatic rings. The van der Waals surface area contributed by atoms with Crippen LogP contribution >= 0.6 is 11.3 Å². The first-order chi connectivity index (χ1) is 15.1. The Morgan fingerprint density at radius 3 is 2.94 bits per heavy atom. The molecule has 0 atom stereocenters. The Kier molecular flexibility index (Phi) is 5.07. The molecule has 0 radical (unpaired) electrons. The number of carbonyl (C=O) groups is 1. The summed E-state index contributed by atoms with van der Waals surface area (Å²) in [5, 5.41) is 9.08. The predicted molar refractivity (Wildman–Crippen MR) is 120 cm³/mol. The van der Waals surface area contributed by atoms with Crippen LogP contribution in [-0.4, -0.2) is 22.5 Å². The number of ether oxygens (including phenoxy) is 2. The Balaban J connectivity index is 1.23. The number of rotatable bonds is 6. The van der Waals surface area contributed by atoms with E-state index in [9.17, 15) is 9.59 Å². The van der Waals surface area contributed by atoms with Gasteiger partial charge in [0.05, 0.1) is 15.8 Å². The van der Waals surface area contributed by atoms with Gasteiger partial charge in [0.25, 0.3) is 5.56 Å². The number of fused-ring (bicyclic) bond motifs is 4. The number of carbonyl (C=O) groups excluding carboxylic acids is 1. The Bertz CT molecular complexity index is 1360. The maximum atomic E-state index is 13.0. The highest BCUT2D eigenvalue weighted by Crippen LogP contribution is 2.33. The van der Waals surface area contributed by atoms with Crippen LogP contribution in [0.3, 0.4) is 0 Å². The maximum Gasteiger partial charge on any atom is 0.276 e. The van der Waals surface area contributed by atoms with Crippen LogP contribution in [0.5, 0.6) is 11.5 Å². The number of aromatic nitrogens is 2. The van der Waals surface area contributed by atoms with Crippen molar-refractivity contribution in [2.45, 2.75) is 32.9 Å². The van der Waals surface area contributed by atoms with Crippen molar-refractivity contribution in [2.24, 2.45) is 0 Å². The lowest BCUT2D eigenvalue weighted by Gasteiger charge is -2.08. The highest BCUT2D eigenvalue weighted by Gasteiger charge is 2.15. The molecule has 31 heavy (non-hydrogen) atoms. The van der Waals surface area contributed by atoms with E-state index in [2.05, 4.69) is 10.4 Å². The van der Waals surface area contributed by atoms with Crippen LogP contribution in [0.25, 0.3) is 20.2 Å². The summed E-state index contributed by atoms with van der Waals surface area (Å²) in [6, 6.07) is 13.5. The van der Waals surface area contributed by atoms with Gasteiger partial charge in [0.2, 0.25) is 12.7 Å². The number of nitrogens with one attached hydrogen (secondary N) is 1. The van der Waals surface area contributed by atoms with Crippen molar-refractivity contribution in [1.82, 2.24) is 15.1 Å². The molecule has 1 amide bonds. The SMILES string of the molecule is Cc1nn(CCCC(=O)NCc2ccc3c(c2)OCO3)c(=O)c2c1sc1ccccc12. The van der Waals surface area contributed by atoms with E-state index in [1.54, 1.807) is 11.3 Å². The number of hydrogen-bond donors (Lipinski definition) is 1. The Morgan fingerprint density at radius 1 is 1.19 bits per heavy atom. The smallest absolute Gasteiger partial charge is 0.276 e. The molecule has 0 unspecified atom stereocenters. The summed E-state index contributed by atoms with van der Waals surface area (Å²) < 4.78 is 14.2. The monoisotopic (exact) mass is 435 g/mol. The molecule has 4 aromatic rings. The van der Waals surface area contributed by atoms with Crippen molar-refractivity contribution in [2.75, 3.05) is 6.79 Å². The first kappa shape index (κ1) is 19.6. The van der Waals surface area contributed by atoms with Gasteiger partial charge in [-0.1, -0.05) is 24.3 Å². The molecule has 1 N–H and O–H groups in total. The fourth-order valence-corrected chi connectivity index (χ4v) is 4.93. The van der Waals surface area contributed by atoms with E-state index in [1.165, 1.54) is 4.68 Å². The lowest BCUT2D eigenvalue weighted by atomic mass is 10.2. The molecule has 0 bridgehead atoms. The fourth-order valence-electron chi connectivity index (χ4n) is 3.79. The zero-order chi connectivity index (χ0) is 21.4. The molecule has 3 heterocycles. The number of nitrogens with zero attached hydrogens (tertiary/aromatic N) is 2. The fraction of sp³-hybridized carbons (Fsp3) is 0.261. The van der Waals surface area contributed by atoms with E-state index < -0.39 is 0 Å². The van der Waals surface area contributed by atoms with Gasteiger partial charge in [-0.3, -0.25) is 9.59 Å². The summed E-state index contributed by atoms with van der Waals surface area (Å²) >= 11 is 1.60. The minimum Gasteiger partial charge on any atom is -0.454 e. The predicted octanol–water partition coefficient (Wildman–Crippen LogP) is 3.74. The zero-order valence-corrected chi connectivity index (χ0v) is 17.8. The second kappa shape index (κ2) is 8.03. The van der Waals surface area contributed by atoms with Gasteiger partial charge in [0.1, 0.15) is 0 Å². The quantitative estimate of drug-likeness (QED) is 0.499. The van der Waals surface area contributed by atoms with Crippen LogP contribution in [0, 0.1) is 6.92 Å². The molecule has 0 saturated heterocycles. The van der Waals surface area contributed by atoms with E-state index in [4.69, 9.17) is 9.47 Å². The number of amides is 1. The van der Waals surface area contributed by atoms with Crippen molar-refractivity contribution >= 4 is 37.4 Å². The Morgan fingerprint density at radius 2 is 2.03 bits per heavy atom. The molecular formula is C23H21N3O4S. The summed E-state index contributed by atoms with van der Waals surface area (Å²) in [6.07, 6.45) is 0.854. The van der Waals surface area contributed by atoms with Crippen LogP contribution in [0.2, 0.25) is 0 Å². The number of thiophene rings is 1. The van der Waals surface area contributed by atoms with Crippen LogP contribution in [-0.2, 0) is 17.9 Å². The molecule has 0 aliphatic carbocycles.